The van der Waals surface area contributed by atoms with E-state index in [2.05, 4.69) is 5.32 Å². The van der Waals surface area contributed by atoms with Crippen molar-refractivity contribution in [3.63, 3.8) is 0 Å². The van der Waals surface area contributed by atoms with Crippen LogP contribution in [0.25, 0.3) is 0 Å². The van der Waals surface area contributed by atoms with E-state index in [1.807, 2.05) is 0 Å². The van der Waals surface area contributed by atoms with Crippen LogP contribution in [0.2, 0.25) is 0 Å². The molecule has 0 bridgehead atoms. The topological polar surface area (TPSA) is 32.3 Å². The largest absolute Gasteiger partial charge is 0.407 e. The van der Waals surface area contributed by atoms with Crippen molar-refractivity contribution in [1.29, 1.82) is 0 Å². The van der Waals surface area contributed by atoms with Gasteiger partial charge in [-0.3, -0.25) is 5.32 Å². The van der Waals surface area contributed by atoms with Gasteiger partial charge in [-0.15, -0.1) is 0 Å². The van der Waals surface area contributed by atoms with E-state index in [0.717, 1.165) is 30.0 Å². The standard InChI is InChI=1S/C15H19F4NOS/c16-12-5-3-11(4-6-12)14(15(17,18)19)20-13(7-21)9-22-8-10-1-2-10/h3-6,10,13-14,20-21H,1-2,7-9H2/t13-,14-/m1/s1. The third kappa shape index (κ3) is 5.44. The molecule has 0 heterocycles. The molecule has 1 aromatic carbocycles. The normalized spacial score (nSPS) is 18.2. The van der Waals surface area contributed by atoms with Crippen molar-refractivity contribution in [1.82, 2.24) is 5.32 Å². The molecule has 2 atom stereocenters. The molecule has 0 aromatic heterocycles. The molecule has 1 aliphatic carbocycles. The Hall–Kier alpha value is -0.790. The van der Waals surface area contributed by atoms with Crippen LogP contribution < -0.4 is 5.32 Å². The molecule has 0 radical (unpaired) electrons. The number of rotatable bonds is 8. The van der Waals surface area contributed by atoms with E-state index < -0.39 is 24.1 Å². The minimum Gasteiger partial charge on any atom is -0.395 e. The van der Waals surface area contributed by atoms with Gasteiger partial charge in [0.1, 0.15) is 11.9 Å². The summed E-state index contributed by atoms with van der Waals surface area (Å²) in [5.74, 6) is 1.44. The molecule has 0 spiro atoms. The first-order valence-corrected chi connectivity index (χ1v) is 8.32. The van der Waals surface area contributed by atoms with E-state index in [4.69, 9.17) is 0 Å². The molecular formula is C15H19F4NOS. The molecule has 7 heteroatoms. The fourth-order valence-electron chi connectivity index (χ4n) is 2.09. The second-order valence-electron chi connectivity index (χ2n) is 5.55. The van der Waals surface area contributed by atoms with Crippen molar-refractivity contribution in [2.45, 2.75) is 31.1 Å². The summed E-state index contributed by atoms with van der Waals surface area (Å²) in [6, 6.07) is 1.68. The van der Waals surface area contributed by atoms with Gasteiger partial charge < -0.3 is 5.11 Å². The maximum atomic E-state index is 13.2. The Bertz CT molecular complexity index is 462. The number of thioether (sulfide) groups is 1. The molecule has 2 rings (SSSR count). The van der Waals surface area contributed by atoms with Crippen molar-refractivity contribution >= 4 is 11.8 Å². The monoisotopic (exact) mass is 337 g/mol. The van der Waals surface area contributed by atoms with Gasteiger partial charge in [-0.25, -0.2) is 4.39 Å². The van der Waals surface area contributed by atoms with Crippen molar-refractivity contribution in [2.75, 3.05) is 18.1 Å². The highest BCUT2D eigenvalue weighted by atomic mass is 32.2. The van der Waals surface area contributed by atoms with Gasteiger partial charge in [0.05, 0.1) is 6.61 Å². The zero-order chi connectivity index (χ0) is 16.2. The Kier molecular flexibility index (Phi) is 6.11. The second kappa shape index (κ2) is 7.66. The lowest BCUT2D eigenvalue weighted by atomic mass is 10.1. The second-order valence-corrected chi connectivity index (χ2v) is 6.63. The van der Waals surface area contributed by atoms with Crippen LogP contribution in [0.3, 0.4) is 0 Å². The summed E-state index contributed by atoms with van der Waals surface area (Å²) in [6.07, 6.45) is -2.14. The first-order chi connectivity index (χ1) is 10.4. The first kappa shape index (κ1) is 17.6. The van der Waals surface area contributed by atoms with Gasteiger partial charge in [-0.1, -0.05) is 12.1 Å². The Morgan fingerprint density at radius 2 is 1.86 bits per heavy atom. The number of benzene rings is 1. The highest BCUT2D eigenvalue weighted by Gasteiger charge is 2.41. The lowest BCUT2D eigenvalue weighted by Gasteiger charge is -2.27. The zero-order valence-electron chi connectivity index (χ0n) is 11.9. The SMILES string of the molecule is OC[C@H](CSCC1CC1)N[C@H](c1ccc(F)cc1)C(F)(F)F. The highest BCUT2D eigenvalue weighted by Crippen LogP contribution is 2.34. The number of aliphatic hydroxyl groups is 1. The van der Waals surface area contributed by atoms with Crippen molar-refractivity contribution in [3.05, 3.63) is 35.6 Å². The van der Waals surface area contributed by atoms with Crippen LogP contribution in [0.15, 0.2) is 24.3 Å². The van der Waals surface area contributed by atoms with Gasteiger partial charge in [-0.05, 0) is 42.2 Å². The Labute approximate surface area is 131 Å². The number of hydrogen-bond acceptors (Lipinski definition) is 3. The molecule has 1 fully saturated rings. The van der Waals surface area contributed by atoms with Gasteiger partial charge >= 0.3 is 6.18 Å². The fourth-order valence-corrected chi connectivity index (χ4v) is 3.37. The molecule has 0 unspecified atom stereocenters. The zero-order valence-corrected chi connectivity index (χ0v) is 12.8. The van der Waals surface area contributed by atoms with E-state index in [1.165, 1.54) is 12.8 Å². The van der Waals surface area contributed by atoms with E-state index in [1.54, 1.807) is 11.8 Å². The van der Waals surface area contributed by atoms with Crippen molar-refractivity contribution < 1.29 is 22.7 Å². The van der Waals surface area contributed by atoms with Gasteiger partial charge in [0, 0.05) is 11.8 Å². The molecular weight excluding hydrogens is 318 g/mol. The Morgan fingerprint density at radius 3 is 2.36 bits per heavy atom. The van der Waals surface area contributed by atoms with Gasteiger partial charge in [0.2, 0.25) is 0 Å². The smallest absolute Gasteiger partial charge is 0.395 e. The number of nitrogens with one attached hydrogen (secondary N) is 1. The van der Waals surface area contributed by atoms with Gasteiger partial charge in [-0.2, -0.15) is 24.9 Å². The van der Waals surface area contributed by atoms with Crippen LogP contribution >= 0.6 is 11.8 Å². The van der Waals surface area contributed by atoms with Crippen LogP contribution in [0.5, 0.6) is 0 Å². The third-order valence-electron chi connectivity index (χ3n) is 3.52. The number of hydrogen-bond donors (Lipinski definition) is 2. The third-order valence-corrected chi connectivity index (χ3v) is 4.87. The Morgan fingerprint density at radius 1 is 1.23 bits per heavy atom. The number of aliphatic hydroxyl groups excluding tert-OH is 1. The molecule has 2 nitrogen and oxygen atoms in total. The molecule has 2 N–H and O–H groups in total. The van der Waals surface area contributed by atoms with Crippen LogP contribution in [0, 0.1) is 11.7 Å². The molecule has 0 saturated heterocycles. The van der Waals surface area contributed by atoms with E-state index in [9.17, 15) is 22.7 Å². The van der Waals surface area contributed by atoms with Crippen LogP contribution in [-0.4, -0.2) is 35.4 Å². The van der Waals surface area contributed by atoms with Gasteiger partial charge in [0.25, 0.3) is 0 Å². The maximum Gasteiger partial charge on any atom is 0.407 e. The minimum absolute atomic E-state index is 0.0560. The molecule has 1 aromatic rings. The summed E-state index contributed by atoms with van der Waals surface area (Å²) in [6.45, 7) is -0.370. The molecule has 1 saturated carbocycles. The molecule has 1 aliphatic rings. The predicted molar refractivity (Wildman–Crippen MR) is 79.3 cm³/mol. The van der Waals surface area contributed by atoms with E-state index in [0.29, 0.717) is 11.7 Å². The van der Waals surface area contributed by atoms with Crippen molar-refractivity contribution in [2.24, 2.45) is 5.92 Å². The summed E-state index contributed by atoms with van der Waals surface area (Å²) >= 11 is 1.56. The lowest BCUT2D eigenvalue weighted by molar-refractivity contribution is -0.159. The van der Waals surface area contributed by atoms with Crippen molar-refractivity contribution in [3.8, 4) is 0 Å². The van der Waals surface area contributed by atoms with Crippen LogP contribution in [-0.2, 0) is 0 Å². The van der Waals surface area contributed by atoms with E-state index in [-0.39, 0.29) is 12.2 Å². The van der Waals surface area contributed by atoms with E-state index >= 15 is 0 Å². The van der Waals surface area contributed by atoms with Crippen LogP contribution in [0.1, 0.15) is 24.4 Å². The molecule has 0 aliphatic heterocycles. The molecule has 124 valence electrons. The van der Waals surface area contributed by atoms with Crippen LogP contribution in [0.4, 0.5) is 17.6 Å². The highest BCUT2D eigenvalue weighted by molar-refractivity contribution is 7.99. The average molecular weight is 337 g/mol. The lowest BCUT2D eigenvalue weighted by Crippen LogP contribution is -2.43. The summed E-state index contributed by atoms with van der Waals surface area (Å²) < 4.78 is 52.5. The molecule has 22 heavy (non-hydrogen) atoms. The maximum absolute atomic E-state index is 13.2. The number of alkyl halides is 3. The average Bonchev–Trinajstić information content (AvgIpc) is 3.27. The predicted octanol–water partition coefficient (Wildman–Crippen LogP) is 3.52. The molecule has 0 amide bonds. The summed E-state index contributed by atoms with van der Waals surface area (Å²) in [7, 11) is 0. The Balaban J connectivity index is 1.99. The quantitative estimate of drug-likeness (QED) is 0.712. The number of halogens is 4. The van der Waals surface area contributed by atoms with Gasteiger partial charge in [0.15, 0.2) is 0 Å². The first-order valence-electron chi connectivity index (χ1n) is 7.17. The minimum atomic E-state index is -4.51. The summed E-state index contributed by atoms with van der Waals surface area (Å²) in [5, 5.41) is 11.8. The summed E-state index contributed by atoms with van der Waals surface area (Å²) in [4.78, 5) is 0. The summed E-state index contributed by atoms with van der Waals surface area (Å²) in [5.41, 5.74) is -0.0560. The fraction of sp³-hybridized carbons (Fsp3) is 0.600.